The van der Waals surface area contributed by atoms with Crippen LogP contribution in [0.4, 0.5) is 0 Å². The zero-order valence-corrected chi connectivity index (χ0v) is 13.1. The van der Waals surface area contributed by atoms with Gasteiger partial charge in [-0.05, 0) is 17.5 Å². The second-order valence-electron chi connectivity index (χ2n) is 5.18. The van der Waals surface area contributed by atoms with E-state index in [9.17, 15) is 4.79 Å². The molecule has 0 bridgehead atoms. The highest BCUT2D eigenvalue weighted by molar-refractivity contribution is 7.09. The normalized spacial score (nSPS) is 12.4. The number of nitrogens with two attached hydrogens (primary N) is 1. The van der Waals surface area contributed by atoms with Crippen LogP contribution in [0.5, 0.6) is 0 Å². The molecular weight excluding hydrogens is 284 g/mol. The smallest absolute Gasteiger partial charge is 0.270 e. The van der Waals surface area contributed by atoms with Gasteiger partial charge in [0.05, 0.1) is 0 Å². The summed E-state index contributed by atoms with van der Waals surface area (Å²) >= 11 is 1.41. The van der Waals surface area contributed by atoms with E-state index in [0.29, 0.717) is 24.7 Å². The molecule has 0 spiro atoms. The van der Waals surface area contributed by atoms with E-state index < -0.39 is 0 Å². The fourth-order valence-electron chi connectivity index (χ4n) is 2.14. The van der Waals surface area contributed by atoms with Crippen LogP contribution in [0.15, 0.2) is 29.9 Å². The molecule has 2 aromatic heterocycles. The molecule has 3 N–H and O–H groups in total. The van der Waals surface area contributed by atoms with Crippen LogP contribution in [0.2, 0.25) is 0 Å². The number of pyridine rings is 1. The molecule has 0 aliphatic carbocycles. The predicted molar refractivity (Wildman–Crippen MR) is 84.2 cm³/mol. The Bertz CT molecular complexity index is 582. The van der Waals surface area contributed by atoms with Crippen molar-refractivity contribution in [1.82, 2.24) is 15.3 Å². The number of carbonyl (C=O) groups is 1. The largest absolute Gasteiger partial charge is 0.350 e. The molecule has 5 nitrogen and oxygen atoms in total. The first kappa shape index (κ1) is 15.6. The topological polar surface area (TPSA) is 80.9 Å². The molecule has 1 atom stereocenters. The molecule has 1 unspecified atom stereocenters. The van der Waals surface area contributed by atoms with Crippen LogP contribution < -0.4 is 11.1 Å². The maximum Gasteiger partial charge on any atom is 0.270 e. The van der Waals surface area contributed by atoms with Crippen molar-refractivity contribution in [3.63, 3.8) is 0 Å². The lowest BCUT2D eigenvalue weighted by atomic mass is 9.89. The number of hydrogen-bond donors (Lipinski definition) is 2. The van der Waals surface area contributed by atoms with Gasteiger partial charge >= 0.3 is 0 Å². The van der Waals surface area contributed by atoms with Gasteiger partial charge in [-0.2, -0.15) is 0 Å². The molecule has 21 heavy (non-hydrogen) atoms. The number of rotatable bonds is 6. The number of nitrogens with one attached hydrogen (secondary N) is 1. The fraction of sp³-hybridized carbons (Fsp3) is 0.400. The Labute approximate surface area is 128 Å². The maximum atomic E-state index is 12.1. The third-order valence-electron chi connectivity index (χ3n) is 3.36. The van der Waals surface area contributed by atoms with E-state index in [1.165, 1.54) is 11.3 Å². The molecule has 0 aromatic carbocycles. The number of carbonyl (C=O) groups excluding carboxylic acids is 1. The van der Waals surface area contributed by atoms with Gasteiger partial charge in [-0.15, -0.1) is 11.3 Å². The Hall–Kier alpha value is -1.79. The van der Waals surface area contributed by atoms with Gasteiger partial charge in [0.25, 0.3) is 5.91 Å². The highest BCUT2D eigenvalue weighted by atomic mass is 32.1. The van der Waals surface area contributed by atoms with Crippen LogP contribution in [0.3, 0.4) is 0 Å². The standard InChI is InChI=1S/C15H20N4OS/c1-10(2)12(11-4-3-5-17-7-11)8-18-15(20)13-9-21-14(6-16)19-13/h3-5,7,9-10,12H,6,8,16H2,1-2H3,(H,18,20). The zero-order chi connectivity index (χ0) is 15.2. The molecule has 0 aliphatic heterocycles. The van der Waals surface area contributed by atoms with Gasteiger partial charge in [-0.25, -0.2) is 4.98 Å². The van der Waals surface area contributed by atoms with E-state index in [1.54, 1.807) is 11.6 Å². The van der Waals surface area contributed by atoms with Crippen LogP contribution >= 0.6 is 11.3 Å². The average Bonchev–Trinajstić information content (AvgIpc) is 2.97. The lowest BCUT2D eigenvalue weighted by Gasteiger charge is -2.21. The monoisotopic (exact) mass is 304 g/mol. The summed E-state index contributed by atoms with van der Waals surface area (Å²) in [6.45, 7) is 5.21. The minimum absolute atomic E-state index is 0.152. The first-order chi connectivity index (χ1) is 10.1. The molecule has 6 heteroatoms. The van der Waals surface area contributed by atoms with Crippen LogP contribution in [0, 0.1) is 5.92 Å². The van der Waals surface area contributed by atoms with Gasteiger partial charge in [0.15, 0.2) is 0 Å². The maximum absolute atomic E-state index is 12.1. The van der Waals surface area contributed by atoms with Gasteiger partial charge in [-0.1, -0.05) is 19.9 Å². The van der Waals surface area contributed by atoms with E-state index in [4.69, 9.17) is 5.73 Å². The quantitative estimate of drug-likeness (QED) is 0.857. The number of hydrogen-bond acceptors (Lipinski definition) is 5. The van der Waals surface area contributed by atoms with E-state index in [1.807, 2.05) is 18.3 Å². The number of amides is 1. The van der Waals surface area contributed by atoms with E-state index >= 15 is 0 Å². The average molecular weight is 304 g/mol. The Morgan fingerprint density at radius 3 is 2.86 bits per heavy atom. The van der Waals surface area contributed by atoms with Gasteiger partial charge in [0.1, 0.15) is 10.7 Å². The van der Waals surface area contributed by atoms with Gasteiger partial charge < -0.3 is 11.1 Å². The molecule has 0 fully saturated rings. The fourth-order valence-corrected chi connectivity index (χ4v) is 2.79. The summed E-state index contributed by atoms with van der Waals surface area (Å²) in [4.78, 5) is 20.5. The summed E-state index contributed by atoms with van der Waals surface area (Å²) in [5.41, 5.74) is 7.08. The molecule has 2 aromatic rings. The van der Waals surface area contributed by atoms with Crippen LogP contribution in [0.25, 0.3) is 0 Å². The van der Waals surface area contributed by atoms with Crippen molar-refractivity contribution >= 4 is 17.2 Å². The first-order valence-electron chi connectivity index (χ1n) is 6.94. The van der Waals surface area contributed by atoms with Crippen molar-refractivity contribution in [3.8, 4) is 0 Å². The summed E-state index contributed by atoms with van der Waals surface area (Å²) < 4.78 is 0. The van der Waals surface area contributed by atoms with E-state index in [-0.39, 0.29) is 11.8 Å². The van der Waals surface area contributed by atoms with Crippen molar-refractivity contribution in [2.45, 2.75) is 26.3 Å². The van der Waals surface area contributed by atoms with E-state index in [2.05, 4.69) is 29.1 Å². The van der Waals surface area contributed by atoms with Gasteiger partial charge in [0, 0.05) is 36.8 Å². The Morgan fingerprint density at radius 2 is 2.29 bits per heavy atom. The van der Waals surface area contributed by atoms with Crippen molar-refractivity contribution in [1.29, 1.82) is 0 Å². The highest BCUT2D eigenvalue weighted by Gasteiger charge is 2.18. The summed E-state index contributed by atoms with van der Waals surface area (Å²) in [5, 5.41) is 5.47. The van der Waals surface area contributed by atoms with Crippen molar-refractivity contribution < 1.29 is 4.79 Å². The Morgan fingerprint density at radius 1 is 1.48 bits per heavy atom. The second kappa shape index (κ2) is 7.28. The SMILES string of the molecule is CC(C)C(CNC(=O)c1csc(CN)n1)c1cccnc1. The van der Waals surface area contributed by atoms with Gasteiger partial charge in [0.2, 0.25) is 0 Å². The van der Waals surface area contributed by atoms with E-state index in [0.717, 1.165) is 10.6 Å². The molecule has 2 rings (SSSR count). The summed E-state index contributed by atoms with van der Waals surface area (Å²) in [6, 6.07) is 3.96. The molecule has 2 heterocycles. The van der Waals surface area contributed by atoms with Crippen LogP contribution in [0.1, 0.15) is 40.8 Å². The Kier molecular flexibility index (Phi) is 5.41. The number of aromatic nitrogens is 2. The number of nitrogens with zero attached hydrogens (tertiary/aromatic N) is 2. The lowest BCUT2D eigenvalue weighted by molar-refractivity contribution is 0.0944. The Balaban J connectivity index is 2.00. The van der Waals surface area contributed by atoms with Crippen LogP contribution in [-0.4, -0.2) is 22.4 Å². The zero-order valence-electron chi connectivity index (χ0n) is 12.2. The summed E-state index contributed by atoms with van der Waals surface area (Å²) in [6.07, 6.45) is 3.61. The molecular formula is C15H20N4OS. The van der Waals surface area contributed by atoms with Gasteiger partial charge in [-0.3, -0.25) is 9.78 Å². The molecule has 0 saturated heterocycles. The minimum atomic E-state index is -0.152. The third-order valence-corrected chi connectivity index (χ3v) is 4.23. The third kappa shape index (κ3) is 4.09. The molecule has 112 valence electrons. The number of thiazole rings is 1. The first-order valence-corrected chi connectivity index (χ1v) is 7.82. The molecule has 0 radical (unpaired) electrons. The molecule has 0 saturated carbocycles. The second-order valence-corrected chi connectivity index (χ2v) is 6.12. The molecule has 0 aliphatic rings. The van der Waals surface area contributed by atoms with Crippen molar-refractivity contribution in [2.75, 3.05) is 6.54 Å². The van der Waals surface area contributed by atoms with Crippen molar-refractivity contribution in [3.05, 3.63) is 46.2 Å². The summed E-state index contributed by atoms with van der Waals surface area (Å²) in [5.74, 6) is 0.486. The van der Waals surface area contributed by atoms with Crippen molar-refractivity contribution in [2.24, 2.45) is 11.7 Å². The van der Waals surface area contributed by atoms with Crippen LogP contribution in [-0.2, 0) is 6.54 Å². The summed E-state index contributed by atoms with van der Waals surface area (Å²) in [7, 11) is 0. The predicted octanol–water partition coefficient (Wildman–Crippen LogP) is 2.17. The lowest BCUT2D eigenvalue weighted by Crippen LogP contribution is -2.30. The highest BCUT2D eigenvalue weighted by Crippen LogP contribution is 2.22. The minimum Gasteiger partial charge on any atom is -0.350 e. The molecule has 1 amide bonds.